The van der Waals surface area contributed by atoms with Gasteiger partial charge in [0.2, 0.25) is 15.9 Å². The molecule has 2 bridgehead atoms. The molecule has 1 aromatic carbocycles. The molecule has 3 atom stereocenters. The molecule has 3 aliphatic rings. The van der Waals surface area contributed by atoms with Crippen LogP contribution in [0.4, 0.5) is 0 Å². The van der Waals surface area contributed by atoms with Crippen LogP contribution in [0.5, 0.6) is 5.75 Å². The summed E-state index contributed by atoms with van der Waals surface area (Å²) in [5.41, 5.74) is 0.741. The van der Waals surface area contributed by atoms with E-state index in [1.807, 2.05) is 0 Å². The highest BCUT2D eigenvalue weighted by Crippen LogP contribution is 2.44. The maximum Gasteiger partial charge on any atom is 0.243 e. The summed E-state index contributed by atoms with van der Waals surface area (Å²) in [5, 5.41) is 3.19. The van der Waals surface area contributed by atoms with Gasteiger partial charge in [-0.3, -0.25) is 4.79 Å². The summed E-state index contributed by atoms with van der Waals surface area (Å²) in [6.07, 6.45) is 5.66. The van der Waals surface area contributed by atoms with Crippen LogP contribution in [0.3, 0.4) is 0 Å². The molecule has 7 nitrogen and oxygen atoms in total. The van der Waals surface area contributed by atoms with E-state index >= 15 is 0 Å². The summed E-state index contributed by atoms with van der Waals surface area (Å²) >= 11 is 0. The van der Waals surface area contributed by atoms with E-state index in [0.29, 0.717) is 56.9 Å². The van der Waals surface area contributed by atoms with Crippen LogP contribution in [-0.2, 0) is 26.0 Å². The lowest BCUT2D eigenvalue weighted by Crippen LogP contribution is -2.40. The fourth-order valence-electron chi connectivity index (χ4n) is 5.00. The highest BCUT2D eigenvalue weighted by atomic mass is 32.2. The molecule has 160 valence electrons. The number of carbonyl (C=O) groups is 1. The minimum Gasteiger partial charge on any atom is -0.496 e. The Hall–Kier alpha value is -1.64. The van der Waals surface area contributed by atoms with Gasteiger partial charge in [0.15, 0.2) is 0 Å². The lowest BCUT2D eigenvalue weighted by Gasteiger charge is -2.26. The number of sulfonamides is 1. The highest BCUT2D eigenvalue weighted by Gasteiger charge is 2.40. The number of nitrogens with one attached hydrogen (secondary N) is 1. The number of aryl methyl sites for hydroxylation is 1. The van der Waals surface area contributed by atoms with Gasteiger partial charge in [0.1, 0.15) is 5.75 Å². The van der Waals surface area contributed by atoms with E-state index in [2.05, 4.69) is 5.32 Å². The summed E-state index contributed by atoms with van der Waals surface area (Å²) in [4.78, 5) is 12.7. The summed E-state index contributed by atoms with van der Waals surface area (Å²) < 4.78 is 38.0. The third-order valence-electron chi connectivity index (χ3n) is 6.57. The quantitative estimate of drug-likeness (QED) is 0.726. The lowest BCUT2D eigenvalue weighted by atomic mass is 9.95. The number of benzene rings is 1. The first-order valence-electron chi connectivity index (χ1n) is 10.5. The van der Waals surface area contributed by atoms with Gasteiger partial charge in [0.05, 0.1) is 25.2 Å². The molecule has 0 radical (unpaired) electrons. The first-order valence-corrected chi connectivity index (χ1v) is 12.0. The Labute approximate surface area is 172 Å². The number of ether oxygens (including phenoxy) is 2. The SMILES string of the molecule is COc1ccc(S(=O)(=O)N2CCOCC2)cc1CCC(=O)NC1CC2CCC1C2. The molecule has 29 heavy (non-hydrogen) atoms. The first-order chi connectivity index (χ1) is 14.0. The van der Waals surface area contributed by atoms with Crippen LogP contribution in [0.25, 0.3) is 0 Å². The molecular weight excluding hydrogens is 392 g/mol. The molecule has 2 aliphatic carbocycles. The Morgan fingerprint density at radius 3 is 2.69 bits per heavy atom. The van der Waals surface area contributed by atoms with E-state index in [1.165, 1.54) is 23.6 Å². The molecule has 8 heteroatoms. The van der Waals surface area contributed by atoms with E-state index in [4.69, 9.17) is 9.47 Å². The molecule has 1 N–H and O–H groups in total. The molecule has 0 spiro atoms. The topological polar surface area (TPSA) is 84.9 Å². The number of nitrogens with zero attached hydrogens (tertiary/aromatic N) is 1. The third-order valence-corrected chi connectivity index (χ3v) is 8.46. The van der Waals surface area contributed by atoms with E-state index in [0.717, 1.165) is 17.9 Å². The average Bonchev–Trinajstić information content (AvgIpc) is 3.36. The standard InChI is InChI=1S/C21H30N2O5S/c1-27-20-6-5-18(29(25,26)23-8-10-28-11-9-23)14-17(20)4-7-21(24)22-19-13-15-2-3-16(19)12-15/h5-6,14-16,19H,2-4,7-13H2,1H3,(H,22,24). The fraction of sp³-hybridized carbons (Fsp3) is 0.667. The van der Waals surface area contributed by atoms with Crippen molar-refractivity contribution in [3.05, 3.63) is 23.8 Å². The second-order valence-electron chi connectivity index (χ2n) is 8.34. The van der Waals surface area contributed by atoms with Crippen molar-refractivity contribution in [2.75, 3.05) is 33.4 Å². The van der Waals surface area contributed by atoms with Gasteiger partial charge in [-0.05, 0) is 61.3 Å². The molecule has 4 rings (SSSR count). The van der Waals surface area contributed by atoms with Gasteiger partial charge in [-0.15, -0.1) is 0 Å². The van der Waals surface area contributed by atoms with E-state index in [1.54, 1.807) is 25.3 Å². The van der Waals surface area contributed by atoms with Gasteiger partial charge in [-0.2, -0.15) is 4.31 Å². The van der Waals surface area contributed by atoms with E-state index in [-0.39, 0.29) is 10.8 Å². The van der Waals surface area contributed by atoms with Crippen LogP contribution in [-0.4, -0.2) is 58.1 Å². The van der Waals surface area contributed by atoms with E-state index in [9.17, 15) is 13.2 Å². The lowest BCUT2D eigenvalue weighted by molar-refractivity contribution is -0.122. The minimum absolute atomic E-state index is 0.0334. The zero-order chi connectivity index (χ0) is 20.4. The zero-order valence-electron chi connectivity index (χ0n) is 16.9. The van der Waals surface area contributed by atoms with Gasteiger partial charge in [-0.1, -0.05) is 6.42 Å². The zero-order valence-corrected chi connectivity index (χ0v) is 17.7. The average molecular weight is 423 g/mol. The second kappa shape index (κ2) is 8.62. The number of hydrogen-bond acceptors (Lipinski definition) is 5. The molecule has 1 saturated heterocycles. The van der Waals surface area contributed by atoms with Crippen molar-refractivity contribution in [2.45, 2.75) is 49.5 Å². The molecule has 1 aliphatic heterocycles. The second-order valence-corrected chi connectivity index (χ2v) is 10.3. The largest absolute Gasteiger partial charge is 0.496 e. The van der Waals surface area contributed by atoms with Crippen molar-refractivity contribution in [1.29, 1.82) is 0 Å². The molecule has 2 saturated carbocycles. The van der Waals surface area contributed by atoms with Gasteiger partial charge in [-0.25, -0.2) is 8.42 Å². The highest BCUT2D eigenvalue weighted by molar-refractivity contribution is 7.89. The Morgan fingerprint density at radius 1 is 1.24 bits per heavy atom. The van der Waals surface area contributed by atoms with Gasteiger partial charge in [0, 0.05) is 25.6 Å². The van der Waals surface area contributed by atoms with Gasteiger partial charge < -0.3 is 14.8 Å². The molecule has 0 aromatic heterocycles. The normalized spacial score (nSPS) is 27.1. The Morgan fingerprint density at radius 2 is 2.03 bits per heavy atom. The number of methoxy groups -OCH3 is 1. The molecule has 1 amide bonds. The fourth-order valence-corrected chi connectivity index (χ4v) is 6.45. The van der Waals surface area contributed by atoms with Crippen LogP contribution in [0, 0.1) is 11.8 Å². The Kier molecular flexibility index (Phi) is 6.13. The van der Waals surface area contributed by atoms with Crippen LogP contribution in [0.1, 0.15) is 37.7 Å². The third kappa shape index (κ3) is 4.44. The summed E-state index contributed by atoms with van der Waals surface area (Å²) in [5.74, 6) is 2.07. The number of morpholine rings is 1. The number of hydrogen-bond donors (Lipinski definition) is 1. The summed E-state index contributed by atoms with van der Waals surface area (Å²) in [6.45, 7) is 1.53. The predicted molar refractivity (Wildman–Crippen MR) is 108 cm³/mol. The smallest absolute Gasteiger partial charge is 0.243 e. The Bertz CT molecular complexity index is 851. The molecule has 3 fully saturated rings. The van der Waals surface area contributed by atoms with Crippen LogP contribution in [0.15, 0.2) is 23.1 Å². The molecule has 1 aromatic rings. The van der Waals surface area contributed by atoms with Crippen molar-refractivity contribution >= 4 is 15.9 Å². The van der Waals surface area contributed by atoms with Crippen molar-refractivity contribution in [3.63, 3.8) is 0 Å². The monoisotopic (exact) mass is 422 g/mol. The minimum atomic E-state index is -3.58. The van der Waals surface area contributed by atoms with Crippen LogP contribution >= 0.6 is 0 Å². The molecule has 3 unspecified atom stereocenters. The van der Waals surface area contributed by atoms with E-state index < -0.39 is 10.0 Å². The van der Waals surface area contributed by atoms with Crippen molar-refractivity contribution in [3.8, 4) is 5.75 Å². The van der Waals surface area contributed by atoms with Crippen LogP contribution in [0.2, 0.25) is 0 Å². The van der Waals surface area contributed by atoms with Crippen LogP contribution < -0.4 is 10.1 Å². The molecular formula is C21H30N2O5S. The number of rotatable bonds is 7. The molecule has 1 heterocycles. The number of fused-ring (bicyclic) bond motifs is 2. The Balaban J connectivity index is 1.42. The maximum atomic E-state index is 12.9. The number of amides is 1. The predicted octanol–water partition coefficient (Wildman–Crippen LogP) is 1.95. The van der Waals surface area contributed by atoms with Crippen molar-refractivity contribution < 1.29 is 22.7 Å². The maximum absolute atomic E-state index is 12.9. The van der Waals surface area contributed by atoms with Crippen molar-refractivity contribution in [1.82, 2.24) is 9.62 Å². The number of carbonyl (C=O) groups excluding carboxylic acids is 1. The van der Waals surface area contributed by atoms with Gasteiger partial charge in [0.25, 0.3) is 0 Å². The summed E-state index contributed by atoms with van der Waals surface area (Å²) in [6, 6.07) is 5.21. The first kappa shape index (κ1) is 20.6. The van der Waals surface area contributed by atoms with Gasteiger partial charge >= 0.3 is 0 Å². The summed E-state index contributed by atoms with van der Waals surface area (Å²) in [7, 11) is -2.02. The van der Waals surface area contributed by atoms with Crippen molar-refractivity contribution in [2.24, 2.45) is 11.8 Å².